The van der Waals surface area contributed by atoms with Crippen LogP contribution >= 0.6 is 0 Å². The number of carbonyl (C=O) groups is 1. The van der Waals surface area contributed by atoms with Crippen LogP contribution in [0.3, 0.4) is 0 Å². The van der Waals surface area contributed by atoms with Crippen molar-refractivity contribution in [2.45, 2.75) is 25.9 Å². The summed E-state index contributed by atoms with van der Waals surface area (Å²) in [5.74, 6) is -2.59. The molecule has 3 nitrogen and oxygen atoms in total. The Labute approximate surface area is 131 Å². The molecule has 1 aliphatic rings. The van der Waals surface area contributed by atoms with Crippen molar-refractivity contribution in [3.05, 3.63) is 59.4 Å². The van der Waals surface area contributed by atoms with Crippen molar-refractivity contribution in [2.75, 3.05) is 10.2 Å². The topological polar surface area (TPSA) is 32.3 Å². The molecule has 0 aromatic heterocycles. The Hall–Kier alpha value is -2.50. The van der Waals surface area contributed by atoms with E-state index in [1.54, 1.807) is 12.1 Å². The van der Waals surface area contributed by atoms with E-state index in [1.165, 1.54) is 17.0 Å². The van der Waals surface area contributed by atoms with Crippen LogP contribution in [0.5, 0.6) is 0 Å². The van der Waals surface area contributed by atoms with Gasteiger partial charge in [0, 0.05) is 12.1 Å². The maximum atomic E-state index is 13.6. The van der Waals surface area contributed by atoms with E-state index in [4.69, 9.17) is 0 Å². The molecule has 0 spiro atoms. The van der Waals surface area contributed by atoms with E-state index >= 15 is 0 Å². The van der Waals surface area contributed by atoms with Crippen LogP contribution < -0.4 is 10.2 Å². The summed E-state index contributed by atoms with van der Waals surface area (Å²) >= 11 is 0. The Morgan fingerprint density at radius 1 is 1.09 bits per heavy atom. The number of amides is 1. The van der Waals surface area contributed by atoms with Gasteiger partial charge in [-0.3, -0.25) is 4.79 Å². The molecule has 0 saturated heterocycles. The molecule has 6 heteroatoms. The maximum Gasteiger partial charge on any atom is 0.249 e. The smallest absolute Gasteiger partial charge is 0.249 e. The minimum atomic E-state index is -1.02. The van der Waals surface area contributed by atoms with Gasteiger partial charge in [-0.15, -0.1) is 0 Å². The normalized spacial score (nSPS) is 17.0. The first-order valence-corrected chi connectivity index (χ1v) is 7.31. The van der Waals surface area contributed by atoms with Gasteiger partial charge in [0.15, 0.2) is 11.6 Å². The van der Waals surface area contributed by atoms with Gasteiger partial charge in [0.1, 0.15) is 11.9 Å². The van der Waals surface area contributed by atoms with E-state index in [0.717, 1.165) is 12.1 Å². The predicted molar refractivity (Wildman–Crippen MR) is 81.6 cm³/mol. The summed E-state index contributed by atoms with van der Waals surface area (Å²) in [5.41, 5.74) is 1.35. The van der Waals surface area contributed by atoms with Gasteiger partial charge in [-0.25, -0.2) is 13.2 Å². The molecule has 0 bridgehead atoms. The summed E-state index contributed by atoms with van der Waals surface area (Å²) in [6.45, 7) is 1.99. The molecule has 0 aliphatic carbocycles. The SMILES string of the molecule is CCC1Nc2cc(F)c(F)cc2N(Cc2ccc(F)cc2)C1=O. The van der Waals surface area contributed by atoms with E-state index in [1.807, 2.05) is 6.92 Å². The Bertz CT molecular complexity index is 746. The lowest BCUT2D eigenvalue weighted by Gasteiger charge is -2.35. The van der Waals surface area contributed by atoms with Gasteiger partial charge in [-0.05, 0) is 24.1 Å². The van der Waals surface area contributed by atoms with Crippen molar-refractivity contribution in [1.82, 2.24) is 0 Å². The van der Waals surface area contributed by atoms with Gasteiger partial charge in [-0.1, -0.05) is 19.1 Å². The first-order chi connectivity index (χ1) is 11.0. The van der Waals surface area contributed by atoms with Gasteiger partial charge in [0.25, 0.3) is 0 Å². The fraction of sp³-hybridized carbons (Fsp3) is 0.235. The van der Waals surface area contributed by atoms with Crippen LogP contribution in [-0.2, 0) is 11.3 Å². The second kappa shape index (κ2) is 5.95. The first-order valence-electron chi connectivity index (χ1n) is 7.31. The molecule has 0 fully saturated rings. The second-order valence-corrected chi connectivity index (χ2v) is 5.44. The highest BCUT2D eigenvalue weighted by atomic mass is 19.2. The van der Waals surface area contributed by atoms with Gasteiger partial charge >= 0.3 is 0 Å². The fourth-order valence-corrected chi connectivity index (χ4v) is 2.64. The molecule has 120 valence electrons. The highest BCUT2D eigenvalue weighted by Crippen LogP contribution is 2.35. The molecule has 3 rings (SSSR count). The minimum Gasteiger partial charge on any atom is -0.372 e. The number of carbonyl (C=O) groups excluding carboxylic acids is 1. The molecule has 1 N–H and O–H groups in total. The third kappa shape index (κ3) is 2.88. The van der Waals surface area contributed by atoms with Crippen molar-refractivity contribution < 1.29 is 18.0 Å². The molecule has 0 radical (unpaired) electrons. The predicted octanol–water partition coefficient (Wildman–Crippen LogP) is 3.84. The van der Waals surface area contributed by atoms with Crippen LogP contribution in [0.4, 0.5) is 24.5 Å². The zero-order valence-electron chi connectivity index (χ0n) is 12.4. The van der Waals surface area contributed by atoms with Crippen LogP contribution in [0.2, 0.25) is 0 Å². The molecule has 2 aromatic rings. The van der Waals surface area contributed by atoms with Crippen molar-refractivity contribution in [3.8, 4) is 0 Å². The Morgan fingerprint density at radius 2 is 1.74 bits per heavy atom. The van der Waals surface area contributed by atoms with Crippen molar-refractivity contribution in [2.24, 2.45) is 0 Å². The monoisotopic (exact) mass is 320 g/mol. The average Bonchev–Trinajstić information content (AvgIpc) is 2.54. The molecule has 0 saturated carbocycles. The average molecular weight is 320 g/mol. The summed E-state index contributed by atoms with van der Waals surface area (Å²) < 4.78 is 40.1. The third-order valence-electron chi connectivity index (χ3n) is 3.89. The highest BCUT2D eigenvalue weighted by Gasteiger charge is 2.32. The van der Waals surface area contributed by atoms with Crippen LogP contribution in [0, 0.1) is 17.5 Å². The molecule has 1 amide bonds. The number of hydrogen-bond donors (Lipinski definition) is 1. The van der Waals surface area contributed by atoms with Crippen LogP contribution in [-0.4, -0.2) is 11.9 Å². The number of nitrogens with zero attached hydrogens (tertiary/aromatic N) is 1. The van der Waals surface area contributed by atoms with Gasteiger partial charge in [0.05, 0.1) is 17.9 Å². The Morgan fingerprint density at radius 3 is 2.39 bits per heavy atom. The quantitative estimate of drug-likeness (QED) is 0.932. The highest BCUT2D eigenvalue weighted by molar-refractivity contribution is 6.04. The number of benzene rings is 2. The maximum absolute atomic E-state index is 13.6. The zero-order valence-corrected chi connectivity index (χ0v) is 12.4. The van der Waals surface area contributed by atoms with E-state index in [2.05, 4.69) is 5.32 Å². The first kappa shape index (κ1) is 15.4. The number of nitrogens with one attached hydrogen (secondary N) is 1. The van der Waals surface area contributed by atoms with Crippen LogP contribution in [0.1, 0.15) is 18.9 Å². The van der Waals surface area contributed by atoms with Crippen molar-refractivity contribution >= 4 is 17.3 Å². The number of rotatable bonds is 3. The number of hydrogen-bond acceptors (Lipinski definition) is 2. The molecular weight excluding hydrogens is 305 g/mol. The standard InChI is InChI=1S/C17H15F3N2O/c1-2-14-17(23)22(9-10-3-5-11(18)6-4-10)16-8-13(20)12(19)7-15(16)21-14/h3-8,14,21H,2,9H2,1H3. The molecule has 2 aromatic carbocycles. The van der Waals surface area contributed by atoms with Crippen LogP contribution in [0.15, 0.2) is 36.4 Å². The van der Waals surface area contributed by atoms with Gasteiger partial charge < -0.3 is 10.2 Å². The lowest BCUT2D eigenvalue weighted by Crippen LogP contribution is -2.46. The zero-order chi connectivity index (χ0) is 16.6. The van der Waals surface area contributed by atoms with E-state index in [-0.39, 0.29) is 24.0 Å². The molecule has 1 aliphatic heterocycles. The lowest BCUT2D eigenvalue weighted by molar-refractivity contribution is -0.119. The van der Waals surface area contributed by atoms with E-state index < -0.39 is 17.7 Å². The summed E-state index contributed by atoms with van der Waals surface area (Å²) in [6.07, 6.45) is 0.511. The van der Waals surface area contributed by atoms with E-state index in [0.29, 0.717) is 17.7 Å². The molecule has 1 unspecified atom stereocenters. The van der Waals surface area contributed by atoms with Crippen LogP contribution in [0.25, 0.3) is 0 Å². The molecule has 1 atom stereocenters. The van der Waals surface area contributed by atoms with Gasteiger partial charge in [0.2, 0.25) is 5.91 Å². The lowest BCUT2D eigenvalue weighted by atomic mass is 10.1. The van der Waals surface area contributed by atoms with Crippen molar-refractivity contribution in [1.29, 1.82) is 0 Å². The van der Waals surface area contributed by atoms with Crippen molar-refractivity contribution in [3.63, 3.8) is 0 Å². The largest absolute Gasteiger partial charge is 0.372 e. The second-order valence-electron chi connectivity index (χ2n) is 5.44. The Balaban J connectivity index is 2.01. The summed E-state index contributed by atoms with van der Waals surface area (Å²) in [7, 11) is 0. The van der Waals surface area contributed by atoms with Gasteiger partial charge in [-0.2, -0.15) is 0 Å². The molecule has 23 heavy (non-hydrogen) atoms. The number of halogens is 3. The number of fused-ring (bicyclic) bond motifs is 1. The third-order valence-corrected chi connectivity index (χ3v) is 3.89. The molecule has 1 heterocycles. The van der Waals surface area contributed by atoms with E-state index in [9.17, 15) is 18.0 Å². The minimum absolute atomic E-state index is 0.162. The summed E-state index contributed by atoms with van der Waals surface area (Å²) in [4.78, 5) is 14.0. The Kier molecular flexibility index (Phi) is 3.98. The fourth-order valence-electron chi connectivity index (χ4n) is 2.64. The number of anilines is 2. The molecular formula is C17H15F3N2O. The summed E-state index contributed by atoms with van der Waals surface area (Å²) in [5, 5.41) is 2.93. The summed E-state index contributed by atoms with van der Waals surface area (Å²) in [6, 6.07) is 7.27.